The molecular formula is C3H5IO2. The van der Waals surface area contributed by atoms with Crippen LogP contribution in [0.5, 0.6) is 0 Å². The fourth-order valence-corrected chi connectivity index (χ4v) is 0.425. The molecule has 6 heavy (non-hydrogen) atoms. The second-order valence-corrected chi connectivity index (χ2v) is 1.99. The molecule has 0 heterocycles. The molecule has 0 spiro atoms. The summed E-state index contributed by atoms with van der Waals surface area (Å²) in [6.07, 6.45) is 0. The summed E-state index contributed by atoms with van der Waals surface area (Å²) >= 11 is 1.68. The molecule has 0 fully saturated rings. The maximum absolute atomic E-state index is 9.91. The van der Waals surface area contributed by atoms with Crippen molar-refractivity contribution in [1.82, 2.24) is 0 Å². The van der Waals surface area contributed by atoms with E-state index < -0.39 is 0 Å². The molecule has 0 unspecified atom stereocenters. The lowest BCUT2D eigenvalue weighted by atomic mass is 10.8. The molecule has 0 aliphatic heterocycles. The first-order valence-corrected chi connectivity index (χ1v) is 2.52. The Hall–Kier alpha value is 0.360. The van der Waals surface area contributed by atoms with Crippen molar-refractivity contribution < 1.29 is 9.53 Å². The Morgan fingerprint density at radius 2 is 2.50 bits per heavy atom. The summed E-state index contributed by atoms with van der Waals surface area (Å²) in [5, 5.41) is 0. The van der Waals surface area contributed by atoms with Gasteiger partial charge in [0, 0.05) is 29.7 Å². The summed E-state index contributed by atoms with van der Waals surface area (Å²) in [5.41, 5.74) is 0. The van der Waals surface area contributed by atoms with E-state index >= 15 is 0 Å². The van der Waals surface area contributed by atoms with Crippen molar-refractivity contribution in [3.05, 3.63) is 0 Å². The first kappa shape index (κ1) is 6.36. The summed E-state index contributed by atoms with van der Waals surface area (Å²) in [4.78, 5) is 9.91. The maximum atomic E-state index is 9.91. The van der Waals surface area contributed by atoms with Crippen molar-refractivity contribution in [1.29, 1.82) is 0 Å². The van der Waals surface area contributed by atoms with Gasteiger partial charge in [0.2, 0.25) is 3.79 Å². The predicted octanol–water partition coefficient (Wildman–Crippen LogP) is 0.594. The number of hydrogen-bond acceptors (Lipinski definition) is 2. The van der Waals surface area contributed by atoms with Crippen LogP contribution in [0.2, 0.25) is 0 Å². The molecule has 3 heteroatoms. The number of carbonyl (C=O) groups excluding carboxylic acids is 1. The Balaban J connectivity index is 2.83. The van der Waals surface area contributed by atoms with Crippen LogP contribution < -0.4 is 0 Å². The van der Waals surface area contributed by atoms with Gasteiger partial charge < -0.3 is 4.74 Å². The molecule has 0 atom stereocenters. The number of rotatable bonds is 2. The summed E-state index contributed by atoms with van der Waals surface area (Å²) in [7, 11) is 1.50. The largest absolute Gasteiger partial charge is 0.376 e. The van der Waals surface area contributed by atoms with E-state index in [9.17, 15) is 4.79 Å². The van der Waals surface area contributed by atoms with Crippen LogP contribution >= 0.6 is 22.6 Å². The van der Waals surface area contributed by atoms with Crippen LogP contribution in [-0.4, -0.2) is 17.5 Å². The van der Waals surface area contributed by atoms with Gasteiger partial charge in [-0.25, -0.2) is 0 Å². The Labute approximate surface area is 50.0 Å². The van der Waals surface area contributed by atoms with E-state index in [4.69, 9.17) is 0 Å². The normalized spacial score (nSPS) is 8.33. The van der Waals surface area contributed by atoms with Crippen LogP contribution in [0.15, 0.2) is 0 Å². The molecule has 0 aromatic carbocycles. The molecule has 0 aromatic rings. The predicted molar refractivity (Wildman–Crippen MR) is 30.9 cm³/mol. The molecule has 0 bridgehead atoms. The number of halogens is 1. The Bertz CT molecular complexity index is 52.8. The standard InChI is InChI=1S/C3H5IO2/c1-6-2-3(4)5/h2H2,1H3. The van der Waals surface area contributed by atoms with Gasteiger partial charge in [0.25, 0.3) is 0 Å². The van der Waals surface area contributed by atoms with Gasteiger partial charge in [0.15, 0.2) is 0 Å². The highest BCUT2D eigenvalue weighted by Gasteiger charge is 1.86. The molecule has 0 radical (unpaired) electrons. The zero-order chi connectivity index (χ0) is 4.99. The van der Waals surface area contributed by atoms with Crippen LogP contribution in [0.4, 0.5) is 0 Å². The third-order valence-electron chi connectivity index (χ3n) is 0.258. The molecule has 0 aromatic heterocycles. The summed E-state index contributed by atoms with van der Waals surface area (Å²) in [5.74, 6) is 0. The summed E-state index contributed by atoms with van der Waals surface area (Å²) in [6, 6.07) is 0. The van der Waals surface area contributed by atoms with Gasteiger partial charge in [0.1, 0.15) is 6.61 Å². The highest BCUT2D eigenvalue weighted by molar-refractivity contribution is 14.1. The fraction of sp³-hybridized carbons (Fsp3) is 0.667. The monoisotopic (exact) mass is 200 g/mol. The molecule has 36 valence electrons. The minimum Gasteiger partial charge on any atom is -0.376 e. The van der Waals surface area contributed by atoms with E-state index in [1.807, 2.05) is 0 Å². The Morgan fingerprint density at radius 1 is 2.00 bits per heavy atom. The van der Waals surface area contributed by atoms with E-state index in [-0.39, 0.29) is 10.4 Å². The zero-order valence-electron chi connectivity index (χ0n) is 3.40. The van der Waals surface area contributed by atoms with Crippen LogP contribution in [0.1, 0.15) is 0 Å². The third kappa shape index (κ3) is 4.36. The molecule has 0 rings (SSSR count). The highest BCUT2D eigenvalue weighted by Crippen LogP contribution is 1.82. The number of carbonyl (C=O) groups is 1. The van der Waals surface area contributed by atoms with E-state index in [2.05, 4.69) is 4.74 Å². The number of ether oxygens (including phenoxy) is 1. The molecule has 0 amide bonds. The fourth-order valence-electron chi connectivity index (χ4n) is 0.113. The molecule has 0 saturated carbocycles. The van der Waals surface area contributed by atoms with Gasteiger partial charge in [-0.05, 0) is 0 Å². The SMILES string of the molecule is COCC(=O)I. The topological polar surface area (TPSA) is 26.3 Å². The van der Waals surface area contributed by atoms with Gasteiger partial charge >= 0.3 is 0 Å². The second-order valence-electron chi connectivity index (χ2n) is 0.788. The smallest absolute Gasteiger partial charge is 0.217 e. The van der Waals surface area contributed by atoms with Crippen molar-refractivity contribution in [2.75, 3.05) is 13.7 Å². The first-order valence-electron chi connectivity index (χ1n) is 1.44. The van der Waals surface area contributed by atoms with Crippen molar-refractivity contribution in [3.8, 4) is 0 Å². The van der Waals surface area contributed by atoms with Crippen LogP contribution in [0.25, 0.3) is 0 Å². The first-order chi connectivity index (χ1) is 2.77. The molecule has 0 N–H and O–H groups in total. The van der Waals surface area contributed by atoms with Gasteiger partial charge in [-0.3, -0.25) is 4.79 Å². The van der Waals surface area contributed by atoms with E-state index in [0.717, 1.165) is 0 Å². The van der Waals surface area contributed by atoms with Crippen LogP contribution in [-0.2, 0) is 9.53 Å². The maximum Gasteiger partial charge on any atom is 0.217 e. The zero-order valence-corrected chi connectivity index (χ0v) is 5.56. The van der Waals surface area contributed by atoms with Gasteiger partial charge in [-0.15, -0.1) is 0 Å². The lowest BCUT2D eigenvalue weighted by molar-refractivity contribution is -0.112. The van der Waals surface area contributed by atoms with Crippen molar-refractivity contribution in [2.45, 2.75) is 0 Å². The summed E-state index contributed by atoms with van der Waals surface area (Å²) < 4.78 is 4.48. The van der Waals surface area contributed by atoms with Crippen molar-refractivity contribution in [2.24, 2.45) is 0 Å². The van der Waals surface area contributed by atoms with Crippen LogP contribution in [0, 0.1) is 0 Å². The average molecular weight is 200 g/mol. The second kappa shape index (κ2) is 3.55. The van der Waals surface area contributed by atoms with Gasteiger partial charge in [-0.2, -0.15) is 0 Å². The quantitative estimate of drug-likeness (QED) is 0.481. The molecule has 0 saturated heterocycles. The minimum absolute atomic E-state index is 0.0371. The minimum atomic E-state index is 0.0371. The Morgan fingerprint density at radius 3 is 2.50 bits per heavy atom. The third-order valence-corrected chi connectivity index (χ3v) is 0.569. The summed E-state index contributed by atoms with van der Waals surface area (Å²) in [6.45, 7) is 0.223. The van der Waals surface area contributed by atoms with E-state index in [1.165, 1.54) is 7.11 Å². The molecular weight excluding hydrogens is 195 g/mol. The number of methoxy groups -OCH3 is 1. The number of hydrogen-bond donors (Lipinski definition) is 0. The molecule has 0 aliphatic carbocycles. The van der Waals surface area contributed by atoms with Crippen molar-refractivity contribution in [3.63, 3.8) is 0 Å². The highest BCUT2D eigenvalue weighted by atomic mass is 127. The molecule has 2 nitrogen and oxygen atoms in total. The Kier molecular flexibility index (Phi) is 3.76. The van der Waals surface area contributed by atoms with E-state index in [1.54, 1.807) is 22.6 Å². The molecule has 0 aliphatic rings. The average Bonchev–Trinajstić information content (AvgIpc) is 1.35. The van der Waals surface area contributed by atoms with Gasteiger partial charge in [0.05, 0.1) is 0 Å². The van der Waals surface area contributed by atoms with E-state index in [0.29, 0.717) is 0 Å². The lowest BCUT2D eigenvalue weighted by Gasteiger charge is -1.83. The van der Waals surface area contributed by atoms with Crippen molar-refractivity contribution >= 4 is 26.4 Å². The van der Waals surface area contributed by atoms with Gasteiger partial charge in [-0.1, -0.05) is 0 Å². The van der Waals surface area contributed by atoms with Crippen LogP contribution in [0.3, 0.4) is 0 Å². The lowest BCUT2D eigenvalue weighted by Crippen LogP contribution is -1.94.